The molecule has 2 aromatic carbocycles. The van der Waals surface area contributed by atoms with Gasteiger partial charge in [-0.1, -0.05) is 12.1 Å². The van der Waals surface area contributed by atoms with Crippen molar-refractivity contribution in [2.75, 3.05) is 12.4 Å². The van der Waals surface area contributed by atoms with Crippen molar-refractivity contribution in [2.45, 2.75) is 6.54 Å². The molecule has 3 nitrogen and oxygen atoms in total. The second kappa shape index (κ2) is 6.14. The Labute approximate surface area is 115 Å². The third-order valence-corrected chi connectivity index (χ3v) is 2.81. The lowest BCUT2D eigenvalue weighted by molar-refractivity contribution is 0.0601. The number of rotatable bonds is 4. The molecule has 0 radical (unpaired) electrons. The summed E-state index contributed by atoms with van der Waals surface area (Å²) in [5.74, 6) is -1.69. The molecule has 0 bridgehead atoms. The summed E-state index contributed by atoms with van der Waals surface area (Å²) >= 11 is 0. The summed E-state index contributed by atoms with van der Waals surface area (Å²) in [4.78, 5) is 11.4. The van der Waals surface area contributed by atoms with Crippen molar-refractivity contribution in [3.05, 3.63) is 65.2 Å². The van der Waals surface area contributed by atoms with Crippen LogP contribution >= 0.6 is 0 Å². The molecular formula is C15H13F2NO2. The average molecular weight is 277 g/mol. The lowest BCUT2D eigenvalue weighted by atomic mass is 10.1. The molecule has 0 aliphatic carbocycles. The van der Waals surface area contributed by atoms with Gasteiger partial charge in [0.2, 0.25) is 0 Å². The van der Waals surface area contributed by atoms with Crippen LogP contribution in [0.4, 0.5) is 14.5 Å². The fourth-order valence-corrected chi connectivity index (χ4v) is 1.77. The van der Waals surface area contributed by atoms with E-state index in [-0.39, 0.29) is 12.1 Å². The zero-order chi connectivity index (χ0) is 14.5. The highest BCUT2D eigenvalue weighted by Gasteiger charge is 2.09. The van der Waals surface area contributed by atoms with E-state index in [0.717, 1.165) is 0 Å². The van der Waals surface area contributed by atoms with Gasteiger partial charge < -0.3 is 10.1 Å². The van der Waals surface area contributed by atoms with E-state index >= 15 is 0 Å². The predicted molar refractivity (Wildman–Crippen MR) is 71.5 cm³/mol. The quantitative estimate of drug-likeness (QED) is 0.871. The molecule has 0 saturated carbocycles. The summed E-state index contributed by atoms with van der Waals surface area (Å²) in [6, 6.07) is 10.2. The monoisotopic (exact) mass is 277 g/mol. The van der Waals surface area contributed by atoms with Crippen LogP contribution in [-0.2, 0) is 11.3 Å². The van der Waals surface area contributed by atoms with Gasteiger partial charge in [-0.3, -0.25) is 0 Å². The second-order valence-corrected chi connectivity index (χ2v) is 4.13. The number of ether oxygens (including phenoxy) is 1. The molecule has 0 saturated heterocycles. The van der Waals surface area contributed by atoms with Crippen LogP contribution in [0.1, 0.15) is 15.9 Å². The van der Waals surface area contributed by atoms with Gasteiger partial charge >= 0.3 is 5.97 Å². The Kier molecular flexibility index (Phi) is 4.30. The molecule has 2 aromatic rings. The van der Waals surface area contributed by atoms with E-state index in [2.05, 4.69) is 10.1 Å². The van der Waals surface area contributed by atoms with Crippen molar-refractivity contribution in [1.29, 1.82) is 0 Å². The summed E-state index contributed by atoms with van der Waals surface area (Å²) < 4.78 is 31.5. The number of nitrogens with one attached hydrogen (secondary N) is 1. The van der Waals surface area contributed by atoms with Gasteiger partial charge in [0.25, 0.3) is 0 Å². The van der Waals surface area contributed by atoms with Crippen LogP contribution in [0.3, 0.4) is 0 Å². The fourth-order valence-electron chi connectivity index (χ4n) is 1.77. The van der Waals surface area contributed by atoms with Crippen molar-refractivity contribution in [2.24, 2.45) is 0 Å². The molecule has 1 N–H and O–H groups in total. The minimum Gasteiger partial charge on any atom is -0.465 e. The number of anilines is 1. The molecule has 0 heterocycles. The van der Waals surface area contributed by atoms with E-state index in [0.29, 0.717) is 11.3 Å². The molecular weight excluding hydrogens is 264 g/mol. The number of hydrogen-bond acceptors (Lipinski definition) is 3. The van der Waals surface area contributed by atoms with Gasteiger partial charge in [-0.25, -0.2) is 13.6 Å². The zero-order valence-electron chi connectivity index (χ0n) is 10.8. The fraction of sp³-hybridized carbons (Fsp3) is 0.133. The molecule has 20 heavy (non-hydrogen) atoms. The molecule has 0 fully saturated rings. The van der Waals surface area contributed by atoms with Crippen LogP contribution in [0.15, 0.2) is 42.5 Å². The van der Waals surface area contributed by atoms with Gasteiger partial charge in [-0.05, 0) is 30.3 Å². The van der Waals surface area contributed by atoms with E-state index in [4.69, 9.17) is 0 Å². The molecule has 2 rings (SSSR count). The molecule has 0 spiro atoms. The largest absolute Gasteiger partial charge is 0.465 e. The molecule has 104 valence electrons. The number of carbonyl (C=O) groups excluding carboxylic acids is 1. The van der Waals surface area contributed by atoms with E-state index < -0.39 is 17.6 Å². The van der Waals surface area contributed by atoms with Crippen molar-refractivity contribution in [1.82, 2.24) is 0 Å². The molecule has 0 atom stereocenters. The standard InChI is InChI=1S/C15H13F2NO2/c1-20-15(19)10-4-2-5-11(8-10)18-9-12-13(16)6-3-7-14(12)17/h2-8,18H,9H2,1H3. The van der Waals surface area contributed by atoms with Crippen LogP contribution in [-0.4, -0.2) is 13.1 Å². The zero-order valence-corrected chi connectivity index (χ0v) is 10.8. The minimum absolute atomic E-state index is 0.0108. The van der Waals surface area contributed by atoms with E-state index in [9.17, 15) is 13.6 Å². The molecule has 0 aromatic heterocycles. The number of methoxy groups -OCH3 is 1. The van der Waals surface area contributed by atoms with E-state index in [1.807, 2.05) is 0 Å². The first-order chi connectivity index (χ1) is 9.61. The highest BCUT2D eigenvalue weighted by atomic mass is 19.1. The Hall–Kier alpha value is -2.43. The van der Waals surface area contributed by atoms with Gasteiger partial charge in [-0.2, -0.15) is 0 Å². The topological polar surface area (TPSA) is 38.3 Å². The maximum absolute atomic E-state index is 13.5. The van der Waals surface area contributed by atoms with Crippen LogP contribution < -0.4 is 5.32 Å². The Morgan fingerprint density at radius 1 is 1.15 bits per heavy atom. The number of esters is 1. The Bertz CT molecular complexity index is 609. The minimum atomic E-state index is -0.610. The number of carbonyl (C=O) groups is 1. The lowest BCUT2D eigenvalue weighted by Crippen LogP contribution is -2.06. The predicted octanol–water partition coefficient (Wildman–Crippen LogP) is 3.36. The molecule has 0 amide bonds. The smallest absolute Gasteiger partial charge is 0.337 e. The maximum Gasteiger partial charge on any atom is 0.337 e. The molecule has 0 aliphatic heterocycles. The summed E-state index contributed by atoms with van der Waals surface area (Å²) in [5.41, 5.74) is 0.901. The summed E-state index contributed by atoms with van der Waals surface area (Å²) in [7, 11) is 1.29. The summed E-state index contributed by atoms with van der Waals surface area (Å²) in [6.45, 7) is -0.0108. The second-order valence-electron chi connectivity index (χ2n) is 4.13. The first kappa shape index (κ1) is 14.0. The first-order valence-corrected chi connectivity index (χ1v) is 5.97. The number of benzene rings is 2. The van der Waals surface area contributed by atoms with Gasteiger partial charge in [-0.15, -0.1) is 0 Å². The van der Waals surface area contributed by atoms with Crippen LogP contribution in [0, 0.1) is 11.6 Å². The van der Waals surface area contributed by atoms with Crippen molar-refractivity contribution in [3.63, 3.8) is 0 Å². The highest BCUT2D eigenvalue weighted by molar-refractivity contribution is 5.90. The van der Waals surface area contributed by atoms with Gasteiger partial charge in [0.05, 0.1) is 12.7 Å². The number of halogens is 2. The van der Waals surface area contributed by atoms with Crippen molar-refractivity contribution >= 4 is 11.7 Å². The van der Waals surface area contributed by atoms with Crippen molar-refractivity contribution in [3.8, 4) is 0 Å². The van der Waals surface area contributed by atoms with Crippen LogP contribution in [0.2, 0.25) is 0 Å². The Morgan fingerprint density at radius 2 is 1.80 bits per heavy atom. The first-order valence-electron chi connectivity index (χ1n) is 5.97. The van der Waals surface area contributed by atoms with E-state index in [1.54, 1.807) is 24.3 Å². The number of hydrogen-bond donors (Lipinski definition) is 1. The lowest BCUT2D eigenvalue weighted by Gasteiger charge is -2.09. The summed E-state index contributed by atoms with van der Waals surface area (Å²) in [6.07, 6.45) is 0. The molecule has 5 heteroatoms. The van der Waals surface area contributed by atoms with Gasteiger partial charge in [0, 0.05) is 17.8 Å². The van der Waals surface area contributed by atoms with Gasteiger partial charge in [0.15, 0.2) is 0 Å². The Morgan fingerprint density at radius 3 is 2.45 bits per heavy atom. The maximum atomic E-state index is 13.5. The third-order valence-electron chi connectivity index (χ3n) is 2.81. The van der Waals surface area contributed by atoms with Crippen molar-refractivity contribution < 1.29 is 18.3 Å². The third kappa shape index (κ3) is 3.12. The SMILES string of the molecule is COC(=O)c1cccc(NCc2c(F)cccc2F)c1. The average Bonchev–Trinajstić information content (AvgIpc) is 2.46. The van der Waals surface area contributed by atoms with Crippen LogP contribution in [0.25, 0.3) is 0 Å². The van der Waals surface area contributed by atoms with E-state index in [1.165, 1.54) is 25.3 Å². The molecule has 0 aliphatic rings. The highest BCUT2D eigenvalue weighted by Crippen LogP contribution is 2.16. The van der Waals surface area contributed by atoms with Gasteiger partial charge in [0.1, 0.15) is 11.6 Å². The Balaban J connectivity index is 2.13. The summed E-state index contributed by atoms with van der Waals surface area (Å²) in [5, 5.41) is 2.87. The van der Waals surface area contributed by atoms with Crippen LogP contribution in [0.5, 0.6) is 0 Å². The molecule has 0 unspecified atom stereocenters. The normalized spacial score (nSPS) is 10.2.